The molecule has 3 aliphatic heterocycles. The third-order valence-corrected chi connectivity index (χ3v) is 18.8. The van der Waals surface area contributed by atoms with E-state index in [1.807, 2.05) is 0 Å². The number of nitrogens with zero attached hydrogens (tertiary/aromatic N) is 3. The van der Waals surface area contributed by atoms with Gasteiger partial charge >= 0.3 is 0 Å². The topological polar surface area (TPSA) is 22.9 Å². The van der Waals surface area contributed by atoms with Gasteiger partial charge in [0.05, 0.1) is 22.3 Å². The van der Waals surface area contributed by atoms with Crippen LogP contribution in [0.1, 0.15) is 150 Å². The van der Waals surface area contributed by atoms with Crippen molar-refractivity contribution in [2.75, 3.05) is 14.7 Å². The monoisotopic (exact) mass is 1010 g/mol. The fraction of sp³-hybridized carbons (Fsp3) is 0.333. The zero-order valence-electron chi connectivity index (χ0n) is 48.2. The van der Waals surface area contributed by atoms with E-state index in [2.05, 4.69) is 269 Å². The summed E-state index contributed by atoms with van der Waals surface area (Å²) < 4.78 is 6.93. The second-order valence-corrected chi connectivity index (χ2v) is 27.8. The van der Waals surface area contributed by atoms with E-state index in [0.717, 1.165) is 40.5 Å². The van der Waals surface area contributed by atoms with Crippen LogP contribution in [0.2, 0.25) is 0 Å². The number of furan rings is 1. The van der Waals surface area contributed by atoms with E-state index in [0.29, 0.717) is 0 Å². The fourth-order valence-electron chi connectivity index (χ4n) is 14.2. The van der Waals surface area contributed by atoms with E-state index in [4.69, 9.17) is 4.42 Å². The van der Waals surface area contributed by atoms with Gasteiger partial charge in [-0.2, -0.15) is 0 Å². The maximum Gasteiger partial charge on any atom is 0.252 e. The molecule has 1 fully saturated rings. The first kappa shape index (κ1) is 49.6. The molecular formula is C72H76BN3O. The lowest BCUT2D eigenvalue weighted by atomic mass is 9.33. The first-order valence-corrected chi connectivity index (χ1v) is 28.6. The molecule has 4 heterocycles. The van der Waals surface area contributed by atoms with Crippen LogP contribution in [0.25, 0.3) is 33.1 Å². The van der Waals surface area contributed by atoms with Gasteiger partial charge in [0, 0.05) is 50.5 Å². The van der Waals surface area contributed by atoms with Crippen molar-refractivity contribution in [3.63, 3.8) is 0 Å². The van der Waals surface area contributed by atoms with Crippen molar-refractivity contribution in [1.82, 2.24) is 0 Å². The molecule has 2 atom stereocenters. The van der Waals surface area contributed by atoms with Crippen LogP contribution in [-0.2, 0) is 27.1 Å². The van der Waals surface area contributed by atoms with Crippen LogP contribution in [0.3, 0.4) is 0 Å². The predicted molar refractivity (Wildman–Crippen MR) is 331 cm³/mol. The maximum atomic E-state index is 6.93. The Kier molecular flexibility index (Phi) is 10.8. The van der Waals surface area contributed by atoms with Crippen molar-refractivity contribution >= 4 is 90.5 Å². The van der Waals surface area contributed by atoms with Crippen molar-refractivity contribution in [3.8, 4) is 11.1 Å². The minimum Gasteiger partial charge on any atom is -0.456 e. The molecule has 9 aromatic rings. The normalized spacial score (nSPS) is 19.1. The zero-order valence-corrected chi connectivity index (χ0v) is 48.2. The summed E-state index contributed by atoms with van der Waals surface area (Å²) in [7, 11) is 0. The Bertz CT molecular complexity index is 3870. The molecule has 13 rings (SSSR count). The highest BCUT2D eigenvalue weighted by atomic mass is 16.3. The Labute approximate surface area is 459 Å². The Balaban J connectivity index is 1.22. The van der Waals surface area contributed by atoms with Crippen molar-refractivity contribution < 1.29 is 4.42 Å². The van der Waals surface area contributed by atoms with Crippen molar-refractivity contribution in [1.29, 1.82) is 0 Å². The molecule has 8 aromatic carbocycles. The lowest BCUT2D eigenvalue weighted by Crippen LogP contribution is -2.61. The smallest absolute Gasteiger partial charge is 0.252 e. The minimum atomic E-state index is -0.192. The summed E-state index contributed by atoms with van der Waals surface area (Å²) in [5.41, 5.74) is 24.3. The zero-order chi connectivity index (χ0) is 53.9. The predicted octanol–water partition coefficient (Wildman–Crippen LogP) is 18.3. The van der Waals surface area contributed by atoms with Crippen molar-refractivity contribution in [2.24, 2.45) is 0 Å². The van der Waals surface area contributed by atoms with Crippen molar-refractivity contribution in [2.45, 2.75) is 155 Å². The molecule has 0 N–H and O–H groups in total. The number of hydrogen-bond donors (Lipinski definition) is 0. The van der Waals surface area contributed by atoms with Gasteiger partial charge in [-0.3, -0.25) is 0 Å². The molecule has 0 saturated heterocycles. The molecule has 0 radical (unpaired) electrons. The quantitative estimate of drug-likeness (QED) is 0.164. The Morgan fingerprint density at radius 2 is 1.05 bits per heavy atom. The van der Waals surface area contributed by atoms with Crippen LogP contribution in [0.15, 0.2) is 162 Å². The van der Waals surface area contributed by atoms with Gasteiger partial charge in [-0.15, -0.1) is 0 Å². The number of hydrogen-bond acceptors (Lipinski definition) is 4. The molecule has 1 aliphatic carbocycles. The number of fused-ring (bicyclic) bond motifs is 11. The number of para-hydroxylation sites is 1. The standard InChI is InChI=1S/C72H76BN3O/c1-67(2,3)46-25-22-26-50(39-46)74-59-42-49(70(10,11)12)29-32-55(59)73-56-33-36-63-64(52-27-18-19-28-62(52)77-63)66(56)75(57-34-30-47(68(4,5)6)40-53(57)45-23-16-15-17-24-45)61-44-51(43-60(74)65(61)73)76-58-35-31-48(69(7,8)9)41-54(58)71(13)37-20-21-38-72(71,76)14/h15-19,22-36,39-44H,20-21,37-38H2,1-14H3. The first-order chi connectivity index (χ1) is 36.5. The molecule has 1 aromatic heterocycles. The molecule has 388 valence electrons. The van der Waals surface area contributed by atoms with Crippen LogP contribution in [0.5, 0.6) is 0 Å². The second kappa shape index (κ2) is 16.8. The van der Waals surface area contributed by atoms with E-state index >= 15 is 0 Å². The van der Waals surface area contributed by atoms with Gasteiger partial charge < -0.3 is 19.1 Å². The van der Waals surface area contributed by atoms with E-state index in [1.165, 1.54) is 108 Å². The average molecular weight is 1010 g/mol. The summed E-state index contributed by atoms with van der Waals surface area (Å²) in [6, 6.07) is 61.4. The highest BCUT2D eigenvalue weighted by molar-refractivity contribution is 7.00. The molecule has 2 unspecified atom stereocenters. The van der Waals surface area contributed by atoms with Gasteiger partial charge in [0.2, 0.25) is 0 Å². The molecule has 5 heteroatoms. The van der Waals surface area contributed by atoms with Gasteiger partial charge in [0.25, 0.3) is 6.71 Å². The number of rotatable bonds is 4. The molecule has 4 nitrogen and oxygen atoms in total. The first-order valence-electron chi connectivity index (χ1n) is 28.6. The molecule has 0 amide bonds. The van der Waals surface area contributed by atoms with E-state index < -0.39 is 0 Å². The summed E-state index contributed by atoms with van der Waals surface area (Å²) in [6.07, 6.45) is 4.68. The van der Waals surface area contributed by atoms with Crippen LogP contribution in [-0.4, -0.2) is 12.3 Å². The van der Waals surface area contributed by atoms with Gasteiger partial charge in [-0.1, -0.05) is 200 Å². The lowest BCUT2D eigenvalue weighted by molar-refractivity contribution is 0.195. The average Bonchev–Trinajstić information content (AvgIpc) is 4.15. The van der Waals surface area contributed by atoms with Gasteiger partial charge in [-0.05, 0) is 152 Å². The summed E-state index contributed by atoms with van der Waals surface area (Å²) in [6.45, 7) is 33.3. The van der Waals surface area contributed by atoms with Crippen LogP contribution in [0, 0.1) is 0 Å². The highest BCUT2D eigenvalue weighted by Gasteiger charge is 2.58. The van der Waals surface area contributed by atoms with Crippen molar-refractivity contribution in [3.05, 3.63) is 186 Å². The van der Waals surface area contributed by atoms with Gasteiger partial charge in [-0.25, -0.2) is 0 Å². The SMILES string of the molecule is CC(C)(C)c1cccc(N2c3cc(C(C)(C)C)ccc3B3c4ccc5oc6ccccc6c5c4N(c4ccc(C(C)(C)C)cc4-c4ccccc4)c4cc(N5c6ccc(C(C)(C)C)cc6C6(C)CCCCC56C)cc2c43)c1. The van der Waals surface area contributed by atoms with E-state index in [1.54, 1.807) is 0 Å². The number of benzene rings is 8. The molecule has 1 saturated carbocycles. The maximum absolute atomic E-state index is 6.93. The van der Waals surface area contributed by atoms with Crippen LogP contribution < -0.4 is 31.1 Å². The highest BCUT2D eigenvalue weighted by Crippen LogP contribution is 2.63. The van der Waals surface area contributed by atoms with E-state index in [-0.39, 0.29) is 39.3 Å². The third-order valence-electron chi connectivity index (χ3n) is 18.8. The second-order valence-electron chi connectivity index (χ2n) is 27.8. The van der Waals surface area contributed by atoms with Gasteiger partial charge in [0.15, 0.2) is 0 Å². The molecule has 77 heavy (non-hydrogen) atoms. The van der Waals surface area contributed by atoms with Crippen LogP contribution in [0.4, 0.5) is 45.5 Å². The molecular weight excluding hydrogens is 934 g/mol. The van der Waals surface area contributed by atoms with Crippen LogP contribution >= 0.6 is 0 Å². The lowest BCUT2D eigenvalue weighted by Gasteiger charge is -2.51. The summed E-state index contributed by atoms with van der Waals surface area (Å²) in [5, 5.41) is 2.28. The Hall–Kier alpha value is -6.98. The molecule has 4 aliphatic rings. The molecule has 0 spiro atoms. The number of anilines is 8. The summed E-state index contributed by atoms with van der Waals surface area (Å²) in [5.74, 6) is 0. The Morgan fingerprint density at radius 3 is 1.77 bits per heavy atom. The van der Waals surface area contributed by atoms with E-state index in [9.17, 15) is 0 Å². The fourth-order valence-corrected chi connectivity index (χ4v) is 14.2. The van der Waals surface area contributed by atoms with Gasteiger partial charge in [0.1, 0.15) is 11.2 Å². The summed E-state index contributed by atoms with van der Waals surface area (Å²) >= 11 is 0. The minimum absolute atomic E-state index is 0.0196. The largest absolute Gasteiger partial charge is 0.456 e. The Morgan fingerprint density at radius 1 is 0.455 bits per heavy atom. The molecule has 0 bridgehead atoms. The third kappa shape index (κ3) is 7.45. The summed E-state index contributed by atoms with van der Waals surface area (Å²) in [4.78, 5) is 8.18.